The van der Waals surface area contributed by atoms with Crippen LogP contribution < -0.4 is 10.1 Å². The summed E-state index contributed by atoms with van der Waals surface area (Å²) in [5, 5.41) is 3.51. The molecular formula is C21H29NO. The first-order chi connectivity index (χ1) is 11.0. The molecule has 0 fully saturated rings. The van der Waals surface area contributed by atoms with Crippen molar-refractivity contribution in [3.63, 3.8) is 0 Å². The van der Waals surface area contributed by atoms with E-state index in [1.807, 2.05) is 12.1 Å². The fourth-order valence-electron chi connectivity index (χ4n) is 2.47. The molecule has 0 radical (unpaired) electrons. The van der Waals surface area contributed by atoms with Gasteiger partial charge in [0.25, 0.3) is 0 Å². The molecular weight excluding hydrogens is 282 g/mol. The molecule has 2 heteroatoms. The lowest BCUT2D eigenvalue weighted by Crippen LogP contribution is -2.15. The largest absolute Gasteiger partial charge is 0.493 e. The smallest absolute Gasteiger partial charge is 0.123 e. The summed E-state index contributed by atoms with van der Waals surface area (Å²) in [5.74, 6) is 0.991. The van der Waals surface area contributed by atoms with Crippen molar-refractivity contribution in [1.82, 2.24) is 5.32 Å². The highest BCUT2D eigenvalue weighted by Gasteiger charge is 2.12. The Morgan fingerprint density at radius 2 is 1.61 bits per heavy atom. The molecule has 0 amide bonds. The van der Waals surface area contributed by atoms with Gasteiger partial charge in [-0.15, -0.1) is 0 Å². The molecule has 2 rings (SSSR count). The third kappa shape index (κ3) is 5.40. The Balaban J connectivity index is 1.90. The van der Waals surface area contributed by atoms with Crippen molar-refractivity contribution < 1.29 is 4.74 Å². The van der Waals surface area contributed by atoms with Crippen LogP contribution in [0.2, 0.25) is 0 Å². The minimum Gasteiger partial charge on any atom is -0.493 e. The maximum absolute atomic E-state index is 5.80. The van der Waals surface area contributed by atoms with Gasteiger partial charge in [-0.25, -0.2) is 0 Å². The zero-order valence-corrected chi connectivity index (χ0v) is 14.9. The van der Waals surface area contributed by atoms with Gasteiger partial charge in [0, 0.05) is 18.7 Å². The third-order valence-corrected chi connectivity index (χ3v) is 3.90. The predicted molar refractivity (Wildman–Crippen MR) is 97.9 cm³/mol. The summed E-state index contributed by atoms with van der Waals surface area (Å²) in [6.45, 7) is 11.3. The number of hydrogen-bond donors (Lipinski definition) is 1. The Kier molecular flexibility index (Phi) is 6.23. The third-order valence-electron chi connectivity index (χ3n) is 3.90. The van der Waals surface area contributed by atoms with E-state index in [0.29, 0.717) is 0 Å². The van der Waals surface area contributed by atoms with E-state index in [0.717, 1.165) is 31.9 Å². The predicted octanol–water partition coefficient (Wildman–Crippen LogP) is 5.06. The Bertz CT molecular complexity index is 596. The van der Waals surface area contributed by atoms with E-state index in [9.17, 15) is 0 Å². The summed E-state index contributed by atoms with van der Waals surface area (Å²) < 4.78 is 5.80. The van der Waals surface area contributed by atoms with E-state index in [4.69, 9.17) is 4.74 Å². The zero-order valence-electron chi connectivity index (χ0n) is 14.9. The Labute approximate surface area is 140 Å². The first-order valence-electron chi connectivity index (χ1n) is 8.51. The normalized spacial score (nSPS) is 11.5. The van der Waals surface area contributed by atoms with Gasteiger partial charge in [0.05, 0.1) is 6.61 Å². The maximum atomic E-state index is 5.80. The second kappa shape index (κ2) is 8.16. The molecule has 2 aromatic carbocycles. The first-order valence-corrected chi connectivity index (χ1v) is 8.51. The summed E-state index contributed by atoms with van der Waals surface area (Å²) in [6.07, 6.45) is 1.03. The lowest BCUT2D eigenvalue weighted by molar-refractivity contribution is 0.313. The first kappa shape index (κ1) is 17.6. The van der Waals surface area contributed by atoms with Gasteiger partial charge in [-0.05, 0) is 29.0 Å². The van der Waals surface area contributed by atoms with Gasteiger partial charge in [-0.1, -0.05) is 70.2 Å². The molecule has 2 aromatic rings. The number of para-hydroxylation sites is 1. The molecule has 0 aromatic heterocycles. The molecule has 2 nitrogen and oxygen atoms in total. The van der Waals surface area contributed by atoms with E-state index >= 15 is 0 Å². The maximum Gasteiger partial charge on any atom is 0.123 e. The number of benzene rings is 2. The summed E-state index contributed by atoms with van der Waals surface area (Å²) >= 11 is 0. The second-order valence-corrected chi connectivity index (χ2v) is 7.01. The molecule has 0 spiro atoms. The fraction of sp³-hybridized carbons (Fsp3) is 0.429. The molecule has 0 aliphatic heterocycles. The highest BCUT2D eigenvalue weighted by Crippen LogP contribution is 2.22. The van der Waals surface area contributed by atoms with Gasteiger partial charge < -0.3 is 10.1 Å². The van der Waals surface area contributed by atoms with E-state index in [2.05, 4.69) is 69.4 Å². The average molecular weight is 311 g/mol. The van der Waals surface area contributed by atoms with Crippen LogP contribution in [0.25, 0.3) is 0 Å². The van der Waals surface area contributed by atoms with Crippen LogP contribution in [-0.4, -0.2) is 6.61 Å². The van der Waals surface area contributed by atoms with Crippen LogP contribution in [0.5, 0.6) is 5.75 Å². The van der Waals surface area contributed by atoms with E-state index in [1.54, 1.807) is 0 Å². The van der Waals surface area contributed by atoms with Crippen LogP contribution in [0.4, 0.5) is 0 Å². The average Bonchev–Trinajstić information content (AvgIpc) is 2.53. The standard InChI is InChI=1S/C21H29NO/c1-5-14-23-20-9-7-6-8-18(20)16-22-15-17-10-12-19(13-11-17)21(2,3)4/h6-13,22H,5,14-16H2,1-4H3. The fourth-order valence-corrected chi connectivity index (χ4v) is 2.47. The molecule has 0 saturated heterocycles. The topological polar surface area (TPSA) is 21.3 Å². The van der Waals surface area contributed by atoms with E-state index < -0.39 is 0 Å². The van der Waals surface area contributed by atoms with Crippen LogP contribution in [0.15, 0.2) is 48.5 Å². The van der Waals surface area contributed by atoms with Crippen LogP contribution in [0, 0.1) is 0 Å². The summed E-state index contributed by atoms with van der Waals surface area (Å²) in [7, 11) is 0. The molecule has 0 unspecified atom stereocenters. The number of nitrogens with one attached hydrogen (secondary N) is 1. The van der Waals surface area contributed by atoms with Crippen molar-refractivity contribution in [2.45, 2.75) is 52.6 Å². The summed E-state index contributed by atoms with van der Waals surface area (Å²) in [4.78, 5) is 0. The molecule has 0 atom stereocenters. The van der Waals surface area contributed by atoms with E-state index in [1.165, 1.54) is 16.7 Å². The van der Waals surface area contributed by atoms with Gasteiger partial charge in [-0.3, -0.25) is 0 Å². The molecule has 0 heterocycles. The Hall–Kier alpha value is -1.80. The lowest BCUT2D eigenvalue weighted by Gasteiger charge is -2.19. The molecule has 1 N–H and O–H groups in total. The van der Waals surface area contributed by atoms with Gasteiger partial charge in [0.1, 0.15) is 5.75 Å². The molecule has 0 saturated carbocycles. The second-order valence-electron chi connectivity index (χ2n) is 7.01. The molecule has 0 aliphatic carbocycles. The molecule has 124 valence electrons. The van der Waals surface area contributed by atoms with Crippen molar-refractivity contribution in [3.8, 4) is 5.75 Å². The van der Waals surface area contributed by atoms with Crippen molar-refractivity contribution in [1.29, 1.82) is 0 Å². The van der Waals surface area contributed by atoms with Crippen molar-refractivity contribution in [2.75, 3.05) is 6.61 Å². The molecule has 0 bridgehead atoms. The van der Waals surface area contributed by atoms with Crippen molar-refractivity contribution in [3.05, 3.63) is 65.2 Å². The minimum atomic E-state index is 0.210. The van der Waals surface area contributed by atoms with Crippen molar-refractivity contribution >= 4 is 0 Å². The highest BCUT2D eigenvalue weighted by atomic mass is 16.5. The van der Waals surface area contributed by atoms with Crippen molar-refractivity contribution in [2.24, 2.45) is 0 Å². The molecule has 23 heavy (non-hydrogen) atoms. The quantitative estimate of drug-likeness (QED) is 0.771. The van der Waals surface area contributed by atoms with Crippen LogP contribution in [0.1, 0.15) is 50.8 Å². The van der Waals surface area contributed by atoms with Crippen LogP contribution >= 0.6 is 0 Å². The van der Waals surface area contributed by atoms with E-state index in [-0.39, 0.29) is 5.41 Å². The van der Waals surface area contributed by atoms with Gasteiger partial charge in [0.15, 0.2) is 0 Å². The van der Waals surface area contributed by atoms with Crippen LogP contribution in [-0.2, 0) is 18.5 Å². The van der Waals surface area contributed by atoms with Crippen LogP contribution in [0.3, 0.4) is 0 Å². The Morgan fingerprint density at radius 1 is 0.913 bits per heavy atom. The number of rotatable bonds is 7. The van der Waals surface area contributed by atoms with Gasteiger partial charge >= 0.3 is 0 Å². The summed E-state index contributed by atoms with van der Waals surface area (Å²) in [5.41, 5.74) is 4.11. The SMILES string of the molecule is CCCOc1ccccc1CNCc1ccc(C(C)(C)C)cc1. The summed E-state index contributed by atoms with van der Waals surface area (Å²) in [6, 6.07) is 17.2. The zero-order chi connectivity index (χ0) is 16.7. The Morgan fingerprint density at radius 3 is 2.26 bits per heavy atom. The highest BCUT2D eigenvalue weighted by molar-refractivity contribution is 5.33. The monoisotopic (exact) mass is 311 g/mol. The number of ether oxygens (including phenoxy) is 1. The van der Waals surface area contributed by atoms with Gasteiger partial charge in [-0.2, -0.15) is 0 Å². The lowest BCUT2D eigenvalue weighted by atomic mass is 9.87. The van der Waals surface area contributed by atoms with Gasteiger partial charge in [0.2, 0.25) is 0 Å². The molecule has 0 aliphatic rings. The minimum absolute atomic E-state index is 0.210. The number of hydrogen-bond acceptors (Lipinski definition) is 2.